The standard InChI is InChI=1S/C40H69N11O7/c41-15-2-5-16-43-23-12-37(55)47-20-8-7-18-45-25-14-38(56)48-21-9-6-17-44-24-13-36(54)46-19-3-1-4-22-49-40(58)34(28-35(42)53)51-39(57)26-30-29-50-33-27-31(52)10-11-32(30)33/h10-11,27,29,34,43-45,50,52H,1-9,12-26,28,41H2,(H2,42,53)(H,46,54)(H,47,55)(H,48,56)(H,49,58)(H,51,57). The Morgan fingerprint density at radius 1 is 0.603 bits per heavy atom. The molecule has 58 heavy (non-hydrogen) atoms. The number of aromatic amines is 1. The number of nitrogens with one attached hydrogen (secondary N) is 9. The third kappa shape index (κ3) is 24.1. The predicted molar refractivity (Wildman–Crippen MR) is 225 cm³/mol. The van der Waals surface area contributed by atoms with E-state index in [2.05, 4.69) is 47.5 Å². The molecule has 326 valence electrons. The highest BCUT2D eigenvalue weighted by Gasteiger charge is 2.23. The summed E-state index contributed by atoms with van der Waals surface area (Å²) in [6.07, 6.45) is 10.2. The van der Waals surface area contributed by atoms with E-state index in [4.69, 9.17) is 11.5 Å². The molecule has 1 atom stereocenters. The van der Waals surface area contributed by atoms with Gasteiger partial charge in [-0.25, -0.2) is 0 Å². The van der Waals surface area contributed by atoms with E-state index in [0.717, 1.165) is 76.4 Å². The van der Waals surface area contributed by atoms with Crippen molar-refractivity contribution in [1.82, 2.24) is 47.5 Å². The van der Waals surface area contributed by atoms with Crippen molar-refractivity contribution in [2.45, 2.75) is 95.9 Å². The third-order valence-corrected chi connectivity index (χ3v) is 9.23. The molecule has 0 radical (unpaired) electrons. The summed E-state index contributed by atoms with van der Waals surface area (Å²) < 4.78 is 0. The number of carbonyl (C=O) groups excluding carboxylic acids is 6. The molecule has 0 fully saturated rings. The number of rotatable bonds is 35. The lowest BCUT2D eigenvalue weighted by Gasteiger charge is -2.17. The molecule has 0 aliphatic rings. The Bertz CT molecular complexity index is 1520. The van der Waals surface area contributed by atoms with Gasteiger partial charge in [-0.3, -0.25) is 28.8 Å². The zero-order valence-electron chi connectivity index (χ0n) is 34.1. The van der Waals surface area contributed by atoms with Crippen molar-refractivity contribution < 1.29 is 33.9 Å². The lowest BCUT2D eigenvalue weighted by Crippen LogP contribution is -2.49. The van der Waals surface area contributed by atoms with Gasteiger partial charge in [0.2, 0.25) is 35.4 Å². The molecule has 0 bridgehead atoms. The van der Waals surface area contributed by atoms with Gasteiger partial charge in [-0.05, 0) is 102 Å². The minimum absolute atomic E-state index is 0.0167. The fraction of sp³-hybridized carbons (Fsp3) is 0.650. The largest absolute Gasteiger partial charge is 0.508 e. The number of aromatic nitrogens is 1. The van der Waals surface area contributed by atoms with Gasteiger partial charge in [-0.15, -0.1) is 0 Å². The van der Waals surface area contributed by atoms with Gasteiger partial charge >= 0.3 is 0 Å². The van der Waals surface area contributed by atoms with Gasteiger partial charge in [-0.2, -0.15) is 0 Å². The number of amides is 6. The van der Waals surface area contributed by atoms with Crippen molar-refractivity contribution in [3.05, 3.63) is 30.0 Å². The summed E-state index contributed by atoms with van der Waals surface area (Å²) in [6.45, 7) is 7.11. The van der Waals surface area contributed by atoms with Crippen molar-refractivity contribution in [1.29, 1.82) is 0 Å². The second-order valence-corrected chi connectivity index (χ2v) is 14.3. The average molecular weight is 816 g/mol. The Morgan fingerprint density at radius 3 is 1.60 bits per heavy atom. The number of phenols is 1. The van der Waals surface area contributed by atoms with Crippen molar-refractivity contribution in [3.63, 3.8) is 0 Å². The van der Waals surface area contributed by atoms with Gasteiger partial charge < -0.3 is 64.1 Å². The number of H-pyrrole nitrogens is 1. The van der Waals surface area contributed by atoms with Crippen LogP contribution in [-0.4, -0.2) is 124 Å². The van der Waals surface area contributed by atoms with E-state index in [1.54, 1.807) is 18.3 Å². The van der Waals surface area contributed by atoms with Crippen LogP contribution in [0.3, 0.4) is 0 Å². The second-order valence-electron chi connectivity index (χ2n) is 14.3. The molecular formula is C40H69N11O7. The Morgan fingerprint density at radius 2 is 1.09 bits per heavy atom. The smallest absolute Gasteiger partial charge is 0.243 e. The van der Waals surface area contributed by atoms with E-state index in [-0.39, 0.29) is 36.3 Å². The summed E-state index contributed by atoms with van der Waals surface area (Å²) in [6, 6.07) is 3.67. The number of benzene rings is 1. The van der Waals surface area contributed by atoms with Gasteiger partial charge in [-0.1, -0.05) is 0 Å². The van der Waals surface area contributed by atoms with Crippen LogP contribution in [0.2, 0.25) is 0 Å². The number of carbonyl (C=O) groups is 6. The zero-order valence-corrected chi connectivity index (χ0v) is 34.1. The lowest BCUT2D eigenvalue weighted by atomic mass is 10.1. The highest BCUT2D eigenvalue weighted by molar-refractivity contribution is 5.94. The number of phenolic OH excluding ortho intramolecular Hbond substituents is 1. The van der Waals surface area contributed by atoms with Crippen LogP contribution in [0.5, 0.6) is 5.75 Å². The SMILES string of the molecule is NCCCCNCCC(=O)NCCCCNCCC(=O)NCCCCNCCC(=O)NCCCCCNC(=O)C(CC(N)=O)NC(=O)Cc1c[nH]c2cc(O)ccc12. The molecule has 18 nitrogen and oxygen atoms in total. The number of nitrogens with two attached hydrogens (primary N) is 2. The summed E-state index contributed by atoms with van der Waals surface area (Å²) in [7, 11) is 0. The summed E-state index contributed by atoms with van der Waals surface area (Å²) in [5.41, 5.74) is 12.1. The Kier molecular flexibility index (Phi) is 26.6. The first kappa shape index (κ1) is 49.4. The van der Waals surface area contributed by atoms with Crippen molar-refractivity contribution in [2.24, 2.45) is 11.5 Å². The monoisotopic (exact) mass is 816 g/mol. The number of unbranched alkanes of at least 4 members (excludes halogenated alkanes) is 5. The molecule has 1 aromatic heterocycles. The number of hydrogen-bond acceptors (Lipinski definition) is 11. The summed E-state index contributed by atoms with van der Waals surface area (Å²) in [5.74, 6) is -1.53. The van der Waals surface area contributed by atoms with Crippen molar-refractivity contribution in [2.75, 3.05) is 72.0 Å². The Balaban J connectivity index is 1.38. The molecule has 14 N–H and O–H groups in total. The van der Waals surface area contributed by atoms with E-state index in [1.807, 2.05) is 0 Å². The molecular weight excluding hydrogens is 747 g/mol. The van der Waals surface area contributed by atoms with Crippen LogP contribution in [0.25, 0.3) is 10.9 Å². The zero-order chi connectivity index (χ0) is 42.2. The molecule has 2 aromatic rings. The quantitative estimate of drug-likeness (QED) is 0.0400. The molecule has 1 heterocycles. The minimum Gasteiger partial charge on any atom is -0.508 e. The van der Waals surface area contributed by atoms with Crippen LogP contribution < -0.4 is 54.0 Å². The van der Waals surface area contributed by atoms with Crippen LogP contribution in [0, 0.1) is 0 Å². The summed E-state index contributed by atoms with van der Waals surface area (Å²) in [5, 5.41) is 34.3. The number of primary amides is 1. The molecule has 6 amide bonds. The number of aromatic hydroxyl groups is 1. The van der Waals surface area contributed by atoms with Crippen LogP contribution >= 0.6 is 0 Å². The third-order valence-electron chi connectivity index (χ3n) is 9.23. The van der Waals surface area contributed by atoms with Gasteiger partial charge in [0, 0.05) is 88.2 Å². The molecule has 1 aromatic carbocycles. The first-order valence-electron chi connectivity index (χ1n) is 20.9. The van der Waals surface area contributed by atoms with E-state index in [1.165, 1.54) is 6.07 Å². The summed E-state index contributed by atoms with van der Waals surface area (Å²) >= 11 is 0. The van der Waals surface area contributed by atoms with Gasteiger partial charge in [0.25, 0.3) is 0 Å². The fourth-order valence-electron chi connectivity index (χ4n) is 5.98. The average Bonchev–Trinajstić information content (AvgIpc) is 3.58. The molecule has 0 aliphatic heterocycles. The van der Waals surface area contributed by atoms with E-state index in [0.29, 0.717) is 89.1 Å². The highest BCUT2D eigenvalue weighted by atomic mass is 16.3. The van der Waals surface area contributed by atoms with Crippen LogP contribution in [0.1, 0.15) is 89.0 Å². The Hall–Kier alpha value is -4.78. The molecule has 2 rings (SSSR count). The molecule has 0 aliphatic carbocycles. The van der Waals surface area contributed by atoms with E-state index < -0.39 is 23.8 Å². The maximum absolute atomic E-state index is 12.7. The number of hydrogen-bond donors (Lipinski definition) is 12. The lowest BCUT2D eigenvalue weighted by molar-refractivity contribution is -0.131. The second kappa shape index (κ2) is 31.2. The Labute approximate surface area is 342 Å². The van der Waals surface area contributed by atoms with Gasteiger partial charge in [0.1, 0.15) is 11.8 Å². The van der Waals surface area contributed by atoms with E-state index in [9.17, 15) is 33.9 Å². The van der Waals surface area contributed by atoms with Gasteiger partial charge in [0.05, 0.1) is 12.8 Å². The number of fused-ring (bicyclic) bond motifs is 1. The molecule has 1 unspecified atom stereocenters. The first-order valence-corrected chi connectivity index (χ1v) is 20.9. The first-order chi connectivity index (χ1) is 28.1. The minimum atomic E-state index is -1.10. The van der Waals surface area contributed by atoms with Crippen molar-refractivity contribution >= 4 is 46.3 Å². The molecule has 0 saturated carbocycles. The normalized spacial score (nSPS) is 11.5. The van der Waals surface area contributed by atoms with Crippen LogP contribution in [0.15, 0.2) is 24.4 Å². The topological polar surface area (TPSA) is 287 Å². The predicted octanol–water partition coefficient (Wildman–Crippen LogP) is -0.350. The highest BCUT2D eigenvalue weighted by Crippen LogP contribution is 2.22. The van der Waals surface area contributed by atoms with Crippen LogP contribution in [-0.2, 0) is 35.2 Å². The molecule has 0 saturated heterocycles. The maximum atomic E-state index is 12.7. The van der Waals surface area contributed by atoms with E-state index >= 15 is 0 Å². The van der Waals surface area contributed by atoms with Gasteiger partial charge in [0.15, 0.2) is 0 Å². The summed E-state index contributed by atoms with van der Waals surface area (Å²) in [4.78, 5) is 76.1. The maximum Gasteiger partial charge on any atom is 0.243 e. The van der Waals surface area contributed by atoms with Crippen molar-refractivity contribution in [3.8, 4) is 5.75 Å². The molecule has 18 heteroatoms. The fourth-order valence-corrected chi connectivity index (χ4v) is 5.98. The van der Waals surface area contributed by atoms with Crippen LogP contribution in [0.4, 0.5) is 0 Å². The molecule has 0 spiro atoms.